The molecule has 0 aliphatic heterocycles. The molecule has 1 amide bonds. The molecular weight excluding hydrogens is 290 g/mol. The van der Waals surface area contributed by atoms with Gasteiger partial charge < -0.3 is 4.90 Å². The first-order valence-corrected chi connectivity index (χ1v) is 8.80. The summed E-state index contributed by atoms with van der Waals surface area (Å²) in [6.45, 7) is 3.27. The number of nitrogens with zero attached hydrogens (tertiary/aromatic N) is 1. The van der Waals surface area contributed by atoms with Crippen molar-refractivity contribution in [2.24, 2.45) is 0 Å². The predicted octanol–water partition coefficient (Wildman–Crippen LogP) is 3.15. The van der Waals surface area contributed by atoms with Gasteiger partial charge in [-0.05, 0) is 42.6 Å². The Kier molecular flexibility index (Phi) is 5.09. The van der Waals surface area contributed by atoms with E-state index < -0.39 is 10.8 Å². The Morgan fingerprint density at radius 1 is 1.25 bits per heavy atom. The van der Waals surface area contributed by atoms with Crippen LogP contribution in [-0.4, -0.2) is 27.8 Å². The van der Waals surface area contributed by atoms with E-state index in [1.54, 1.807) is 41.9 Å². The van der Waals surface area contributed by atoms with Crippen LogP contribution in [0.25, 0.3) is 0 Å². The molecule has 2 aromatic rings. The van der Waals surface area contributed by atoms with Crippen LogP contribution in [0.4, 0.5) is 0 Å². The Hall–Kier alpha value is -1.46. The van der Waals surface area contributed by atoms with Crippen LogP contribution < -0.4 is 0 Å². The third-order valence-electron chi connectivity index (χ3n) is 3.03. The number of hydrogen-bond donors (Lipinski definition) is 0. The van der Waals surface area contributed by atoms with Crippen molar-refractivity contribution in [3.8, 4) is 0 Å². The fraction of sp³-hybridized carbons (Fsp3) is 0.267. The molecule has 0 saturated carbocycles. The molecule has 0 saturated heterocycles. The average Bonchev–Trinajstić information content (AvgIpc) is 2.97. The Labute approximate surface area is 125 Å². The summed E-state index contributed by atoms with van der Waals surface area (Å²) in [5.74, 6) is 0.00864. The second kappa shape index (κ2) is 6.81. The molecule has 0 aliphatic rings. The highest BCUT2D eigenvalue weighted by atomic mass is 32.2. The van der Waals surface area contributed by atoms with E-state index in [1.165, 1.54) is 4.88 Å². The van der Waals surface area contributed by atoms with Gasteiger partial charge in [-0.3, -0.25) is 9.00 Å². The van der Waals surface area contributed by atoms with Gasteiger partial charge in [-0.25, -0.2) is 0 Å². The van der Waals surface area contributed by atoms with E-state index in [4.69, 9.17) is 0 Å². The Bertz CT molecular complexity index is 591. The molecule has 20 heavy (non-hydrogen) atoms. The molecule has 0 fully saturated rings. The molecule has 1 heterocycles. The Morgan fingerprint density at radius 2 is 1.95 bits per heavy atom. The maximum absolute atomic E-state index is 12.4. The number of hydrogen-bond acceptors (Lipinski definition) is 3. The first kappa shape index (κ1) is 14.9. The highest BCUT2D eigenvalue weighted by molar-refractivity contribution is 7.84. The zero-order chi connectivity index (χ0) is 14.5. The van der Waals surface area contributed by atoms with Gasteiger partial charge in [0.1, 0.15) is 0 Å². The van der Waals surface area contributed by atoms with Crippen molar-refractivity contribution < 1.29 is 9.00 Å². The van der Waals surface area contributed by atoms with Crippen molar-refractivity contribution in [3.63, 3.8) is 0 Å². The van der Waals surface area contributed by atoms with E-state index in [2.05, 4.69) is 0 Å². The molecule has 106 valence electrons. The fourth-order valence-corrected chi connectivity index (χ4v) is 3.13. The first-order chi connectivity index (χ1) is 9.61. The summed E-state index contributed by atoms with van der Waals surface area (Å²) in [7, 11) is -1.01. The van der Waals surface area contributed by atoms with Gasteiger partial charge in [0.2, 0.25) is 0 Å². The topological polar surface area (TPSA) is 37.4 Å². The first-order valence-electron chi connectivity index (χ1n) is 6.37. The second-order valence-electron chi connectivity index (χ2n) is 4.38. The van der Waals surface area contributed by atoms with Crippen LogP contribution in [0.1, 0.15) is 22.2 Å². The summed E-state index contributed by atoms with van der Waals surface area (Å²) >= 11 is 1.65. The van der Waals surface area contributed by atoms with Crippen molar-refractivity contribution >= 4 is 28.0 Å². The van der Waals surface area contributed by atoms with Gasteiger partial charge >= 0.3 is 0 Å². The van der Waals surface area contributed by atoms with E-state index in [1.807, 2.05) is 29.3 Å². The van der Waals surface area contributed by atoms with E-state index >= 15 is 0 Å². The lowest BCUT2D eigenvalue weighted by molar-refractivity contribution is 0.0754. The number of rotatable bonds is 5. The molecule has 1 unspecified atom stereocenters. The van der Waals surface area contributed by atoms with Crippen molar-refractivity contribution in [1.82, 2.24) is 4.90 Å². The van der Waals surface area contributed by atoms with E-state index in [-0.39, 0.29) is 5.91 Å². The van der Waals surface area contributed by atoms with Gasteiger partial charge in [-0.15, -0.1) is 11.3 Å². The maximum Gasteiger partial charge on any atom is 0.254 e. The van der Waals surface area contributed by atoms with Gasteiger partial charge in [-0.1, -0.05) is 6.07 Å². The zero-order valence-electron chi connectivity index (χ0n) is 11.5. The fourth-order valence-electron chi connectivity index (χ4n) is 1.89. The van der Waals surface area contributed by atoms with Crippen LogP contribution in [0.15, 0.2) is 46.7 Å². The Balaban J connectivity index is 2.13. The third kappa shape index (κ3) is 3.55. The van der Waals surface area contributed by atoms with E-state index in [9.17, 15) is 9.00 Å². The zero-order valence-corrected chi connectivity index (χ0v) is 13.2. The normalized spacial score (nSPS) is 12.1. The minimum Gasteiger partial charge on any atom is -0.334 e. The molecule has 1 aromatic heterocycles. The van der Waals surface area contributed by atoms with Crippen molar-refractivity contribution in [2.45, 2.75) is 18.4 Å². The quantitative estimate of drug-likeness (QED) is 0.851. The lowest BCUT2D eigenvalue weighted by Gasteiger charge is -2.20. The minimum absolute atomic E-state index is 0.00864. The summed E-state index contributed by atoms with van der Waals surface area (Å²) in [5.41, 5.74) is 0.637. The number of carbonyl (C=O) groups excluding carboxylic acids is 1. The molecule has 0 aliphatic carbocycles. The van der Waals surface area contributed by atoms with Crippen molar-refractivity contribution in [1.29, 1.82) is 0 Å². The molecule has 3 nitrogen and oxygen atoms in total. The molecule has 0 radical (unpaired) electrons. The third-order valence-corrected chi connectivity index (χ3v) is 4.83. The monoisotopic (exact) mass is 307 g/mol. The van der Waals surface area contributed by atoms with Crippen LogP contribution in [0.3, 0.4) is 0 Å². The molecule has 2 rings (SSSR count). The molecule has 0 bridgehead atoms. The summed E-state index contributed by atoms with van der Waals surface area (Å²) in [4.78, 5) is 16.2. The van der Waals surface area contributed by atoms with Crippen LogP contribution in [0.5, 0.6) is 0 Å². The van der Waals surface area contributed by atoms with Gasteiger partial charge in [0.15, 0.2) is 0 Å². The number of carbonyl (C=O) groups is 1. The van der Waals surface area contributed by atoms with Gasteiger partial charge in [0.05, 0.1) is 6.54 Å². The second-order valence-corrected chi connectivity index (χ2v) is 6.79. The number of benzene rings is 1. The SMILES string of the molecule is CCN(Cc1cccs1)C(=O)c1ccc(S(C)=O)cc1. The molecule has 0 spiro atoms. The molecular formula is C15H17NO2S2. The summed E-state index contributed by atoms with van der Waals surface area (Å²) in [6, 6.07) is 11.0. The summed E-state index contributed by atoms with van der Waals surface area (Å²) in [6.07, 6.45) is 1.63. The lowest BCUT2D eigenvalue weighted by atomic mass is 10.2. The summed E-state index contributed by atoms with van der Waals surface area (Å²) in [5, 5.41) is 2.01. The van der Waals surface area contributed by atoms with Crippen molar-refractivity contribution in [3.05, 3.63) is 52.2 Å². The van der Waals surface area contributed by atoms with Gasteiger partial charge in [0.25, 0.3) is 5.91 Å². The highest BCUT2D eigenvalue weighted by Gasteiger charge is 2.15. The Morgan fingerprint density at radius 3 is 2.45 bits per heavy atom. The van der Waals surface area contributed by atoms with Crippen LogP contribution in [-0.2, 0) is 17.3 Å². The predicted molar refractivity (Wildman–Crippen MR) is 83.5 cm³/mol. The molecule has 0 N–H and O–H groups in total. The lowest BCUT2D eigenvalue weighted by Crippen LogP contribution is -2.29. The van der Waals surface area contributed by atoms with Crippen LogP contribution >= 0.6 is 11.3 Å². The van der Waals surface area contributed by atoms with Crippen LogP contribution in [0, 0.1) is 0 Å². The van der Waals surface area contributed by atoms with Crippen molar-refractivity contribution in [2.75, 3.05) is 12.8 Å². The maximum atomic E-state index is 12.4. The molecule has 1 atom stereocenters. The number of thiophene rings is 1. The van der Waals surface area contributed by atoms with Gasteiger partial charge in [0, 0.05) is 38.9 Å². The highest BCUT2D eigenvalue weighted by Crippen LogP contribution is 2.15. The minimum atomic E-state index is -1.01. The molecule has 1 aromatic carbocycles. The van der Waals surface area contributed by atoms with E-state index in [0.717, 1.165) is 4.90 Å². The largest absolute Gasteiger partial charge is 0.334 e. The number of amides is 1. The standard InChI is InChI=1S/C15H17NO2S2/c1-3-16(11-13-5-4-10-19-13)15(17)12-6-8-14(9-7-12)20(2)18/h4-10H,3,11H2,1-2H3. The van der Waals surface area contributed by atoms with Gasteiger partial charge in [-0.2, -0.15) is 0 Å². The van der Waals surface area contributed by atoms with E-state index in [0.29, 0.717) is 18.7 Å². The molecule has 5 heteroatoms. The average molecular weight is 307 g/mol. The summed E-state index contributed by atoms with van der Waals surface area (Å²) < 4.78 is 11.3. The van der Waals surface area contributed by atoms with Crippen LogP contribution in [0.2, 0.25) is 0 Å². The smallest absolute Gasteiger partial charge is 0.254 e.